The quantitative estimate of drug-likeness (QED) is 0.855. The number of hydrogen-bond acceptors (Lipinski definition) is 3. The number of Topliss-reactive ketones (excluding diaryl/α,β-unsaturated/α-hetero) is 1. The molecule has 0 aliphatic carbocycles. The maximum Gasteiger partial charge on any atom is 0.321 e. The summed E-state index contributed by atoms with van der Waals surface area (Å²) < 4.78 is 0. The van der Waals surface area contributed by atoms with E-state index in [0.717, 1.165) is 13.1 Å². The van der Waals surface area contributed by atoms with Crippen LogP contribution in [0.4, 0.5) is 16.2 Å². The van der Waals surface area contributed by atoms with Gasteiger partial charge in [0.1, 0.15) is 0 Å². The van der Waals surface area contributed by atoms with Crippen molar-refractivity contribution in [3.63, 3.8) is 0 Å². The van der Waals surface area contributed by atoms with E-state index in [4.69, 9.17) is 0 Å². The van der Waals surface area contributed by atoms with E-state index in [1.54, 1.807) is 24.3 Å². The van der Waals surface area contributed by atoms with Crippen LogP contribution in [-0.2, 0) is 0 Å². The number of hydrogen-bond donors (Lipinski definition) is 1. The summed E-state index contributed by atoms with van der Waals surface area (Å²) in [6.07, 6.45) is 0. The number of ketones is 1. The molecule has 3 rings (SSSR count). The van der Waals surface area contributed by atoms with Crippen LogP contribution in [0.1, 0.15) is 28.4 Å². The molecule has 5 heteroatoms. The molecule has 0 aromatic heterocycles. The third-order valence-electron chi connectivity index (χ3n) is 5.03. The molecule has 0 saturated carbocycles. The zero-order valence-electron chi connectivity index (χ0n) is 15.6. The van der Waals surface area contributed by atoms with Crippen LogP contribution in [0.5, 0.6) is 0 Å². The van der Waals surface area contributed by atoms with Crippen LogP contribution >= 0.6 is 0 Å². The zero-order chi connectivity index (χ0) is 18.7. The summed E-state index contributed by atoms with van der Waals surface area (Å²) in [7, 11) is 0. The predicted octanol–water partition coefficient (Wildman–Crippen LogP) is 3.86. The number of aryl methyl sites for hydroxylation is 1. The molecule has 2 aromatic rings. The Bertz CT molecular complexity index is 807. The Hall–Kier alpha value is -2.82. The van der Waals surface area contributed by atoms with Gasteiger partial charge in [0, 0.05) is 43.1 Å². The highest BCUT2D eigenvalue weighted by Gasteiger charge is 2.22. The minimum atomic E-state index is -0.0961. The Labute approximate surface area is 154 Å². The molecule has 26 heavy (non-hydrogen) atoms. The lowest BCUT2D eigenvalue weighted by atomic mass is 10.1. The Morgan fingerprint density at radius 2 is 1.58 bits per heavy atom. The normalized spacial score (nSPS) is 14.3. The van der Waals surface area contributed by atoms with Gasteiger partial charge in [-0.1, -0.05) is 12.1 Å². The van der Waals surface area contributed by atoms with Crippen molar-refractivity contribution in [3.05, 3.63) is 59.2 Å². The number of nitrogens with one attached hydrogen (secondary N) is 1. The van der Waals surface area contributed by atoms with E-state index in [1.165, 1.54) is 23.7 Å². The average molecular weight is 351 g/mol. The minimum Gasteiger partial charge on any atom is -0.368 e. The third kappa shape index (κ3) is 3.87. The highest BCUT2D eigenvalue weighted by Crippen LogP contribution is 2.24. The van der Waals surface area contributed by atoms with Crippen molar-refractivity contribution in [3.8, 4) is 0 Å². The number of amides is 2. The second-order valence-corrected chi connectivity index (χ2v) is 6.76. The number of carbonyl (C=O) groups is 2. The molecular weight excluding hydrogens is 326 g/mol. The summed E-state index contributed by atoms with van der Waals surface area (Å²) in [5, 5.41) is 2.91. The van der Waals surface area contributed by atoms with Crippen molar-refractivity contribution in [1.29, 1.82) is 0 Å². The van der Waals surface area contributed by atoms with Gasteiger partial charge in [0.2, 0.25) is 0 Å². The molecule has 1 saturated heterocycles. The fourth-order valence-electron chi connectivity index (χ4n) is 3.22. The summed E-state index contributed by atoms with van der Waals surface area (Å²) >= 11 is 0. The van der Waals surface area contributed by atoms with Gasteiger partial charge in [-0.25, -0.2) is 4.79 Å². The van der Waals surface area contributed by atoms with E-state index in [1.807, 2.05) is 4.90 Å². The topological polar surface area (TPSA) is 52.7 Å². The van der Waals surface area contributed by atoms with Gasteiger partial charge in [0.25, 0.3) is 0 Å². The maximum atomic E-state index is 12.5. The number of nitrogens with zero attached hydrogens (tertiary/aromatic N) is 2. The fourth-order valence-corrected chi connectivity index (χ4v) is 3.22. The van der Waals surface area contributed by atoms with Crippen molar-refractivity contribution in [1.82, 2.24) is 4.90 Å². The minimum absolute atomic E-state index is 0.0189. The van der Waals surface area contributed by atoms with Crippen LogP contribution in [0, 0.1) is 13.8 Å². The van der Waals surface area contributed by atoms with Crippen LogP contribution in [0.2, 0.25) is 0 Å². The molecule has 0 bridgehead atoms. The molecule has 0 radical (unpaired) electrons. The van der Waals surface area contributed by atoms with E-state index >= 15 is 0 Å². The fraction of sp³-hybridized carbons (Fsp3) is 0.333. The first-order valence-electron chi connectivity index (χ1n) is 8.94. The Kier molecular flexibility index (Phi) is 5.26. The van der Waals surface area contributed by atoms with Crippen LogP contribution in [-0.4, -0.2) is 42.9 Å². The first kappa shape index (κ1) is 18.0. The number of rotatable bonds is 3. The first-order valence-corrected chi connectivity index (χ1v) is 8.94. The smallest absolute Gasteiger partial charge is 0.321 e. The summed E-state index contributed by atoms with van der Waals surface area (Å²) in [5.41, 5.74) is 5.19. The number of benzene rings is 2. The van der Waals surface area contributed by atoms with E-state index in [2.05, 4.69) is 42.3 Å². The van der Waals surface area contributed by atoms with Gasteiger partial charge < -0.3 is 15.1 Å². The predicted molar refractivity (Wildman–Crippen MR) is 105 cm³/mol. The van der Waals surface area contributed by atoms with Gasteiger partial charge in [0.15, 0.2) is 5.78 Å². The van der Waals surface area contributed by atoms with Crippen molar-refractivity contribution in [2.24, 2.45) is 0 Å². The molecule has 1 aliphatic heterocycles. The molecule has 136 valence electrons. The monoisotopic (exact) mass is 351 g/mol. The number of carbonyl (C=O) groups excluding carboxylic acids is 2. The standard InChI is InChI=1S/C21H25N3O2/c1-15-5-4-6-20(16(15)2)23-11-13-24(14-12-23)21(26)22-19-9-7-18(8-10-19)17(3)25/h4-10H,11-14H2,1-3H3,(H,22,26). The lowest BCUT2D eigenvalue weighted by Gasteiger charge is -2.37. The maximum absolute atomic E-state index is 12.5. The molecule has 0 spiro atoms. The van der Waals surface area contributed by atoms with Crippen LogP contribution in [0.15, 0.2) is 42.5 Å². The van der Waals surface area contributed by atoms with Gasteiger partial charge in [-0.05, 0) is 62.2 Å². The van der Waals surface area contributed by atoms with Gasteiger partial charge in [-0.15, -0.1) is 0 Å². The van der Waals surface area contributed by atoms with Gasteiger partial charge in [-0.3, -0.25) is 4.79 Å². The lowest BCUT2D eigenvalue weighted by molar-refractivity contribution is 0.101. The van der Waals surface area contributed by atoms with Gasteiger partial charge in [-0.2, -0.15) is 0 Å². The van der Waals surface area contributed by atoms with E-state index in [-0.39, 0.29) is 11.8 Å². The summed E-state index contributed by atoms with van der Waals surface area (Å²) in [6.45, 7) is 8.81. The summed E-state index contributed by atoms with van der Waals surface area (Å²) in [5.74, 6) is 0.0189. The van der Waals surface area contributed by atoms with Crippen LogP contribution < -0.4 is 10.2 Å². The molecule has 2 amide bonds. The Balaban J connectivity index is 1.58. The largest absolute Gasteiger partial charge is 0.368 e. The first-order chi connectivity index (χ1) is 12.5. The number of urea groups is 1. The molecule has 1 N–H and O–H groups in total. The third-order valence-corrected chi connectivity index (χ3v) is 5.03. The average Bonchev–Trinajstić information content (AvgIpc) is 2.64. The molecule has 1 aliphatic rings. The highest BCUT2D eigenvalue weighted by atomic mass is 16.2. The van der Waals surface area contributed by atoms with Crippen molar-refractivity contribution in [2.45, 2.75) is 20.8 Å². The van der Waals surface area contributed by atoms with Gasteiger partial charge in [0.05, 0.1) is 0 Å². The van der Waals surface area contributed by atoms with Crippen molar-refractivity contribution < 1.29 is 9.59 Å². The summed E-state index contributed by atoms with van der Waals surface area (Å²) in [4.78, 5) is 28.0. The van der Waals surface area contributed by atoms with Crippen LogP contribution in [0.25, 0.3) is 0 Å². The summed E-state index contributed by atoms with van der Waals surface area (Å²) in [6, 6.07) is 13.3. The lowest BCUT2D eigenvalue weighted by Crippen LogP contribution is -2.50. The molecule has 1 heterocycles. The van der Waals surface area contributed by atoms with Crippen LogP contribution in [0.3, 0.4) is 0 Å². The van der Waals surface area contributed by atoms with E-state index < -0.39 is 0 Å². The van der Waals surface area contributed by atoms with Crippen molar-refractivity contribution >= 4 is 23.2 Å². The number of anilines is 2. The number of piperazine rings is 1. The zero-order valence-corrected chi connectivity index (χ0v) is 15.6. The molecule has 0 atom stereocenters. The van der Waals surface area contributed by atoms with Crippen molar-refractivity contribution in [2.75, 3.05) is 36.4 Å². The molecule has 5 nitrogen and oxygen atoms in total. The Morgan fingerprint density at radius 3 is 2.19 bits per heavy atom. The molecule has 2 aromatic carbocycles. The SMILES string of the molecule is CC(=O)c1ccc(NC(=O)N2CCN(c3cccc(C)c3C)CC2)cc1. The second-order valence-electron chi connectivity index (χ2n) is 6.76. The Morgan fingerprint density at radius 1 is 0.923 bits per heavy atom. The highest BCUT2D eigenvalue weighted by molar-refractivity contribution is 5.95. The molecule has 1 fully saturated rings. The van der Waals surface area contributed by atoms with E-state index in [9.17, 15) is 9.59 Å². The molecule has 0 unspecified atom stereocenters. The molecular formula is C21H25N3O2. The van der Waals surface area contributed by atoms with Gasteiger partial charge >= 0.3 is 6.03 Å². The van der Waals surface area contributed by atoms with E-state index in [0.29, 0.717) is 24.3 Å². The second kappa shape index (κ2) is 7.60.